The molecule has 0 bridgehead atoms. The average molecular weight is 327 g/mol. The summed E-state index contributed by atoms with van der Waals surface area (Å²) in [5.74, 6) is -0.722. The average Bonchev–Trinajstić information content (AvgIpc) is 2.46. The third-order valence-electron chi connectivity index (χ3n) is 2.77. The summed E-state index contributed by atoms with van der Waals surface area (Å²) in [5, 5.41) is 10.1. The van der Waals surface area contributed by atoms with Gasteiger partial charge in [-0.25, -0.2) is 4.79 Å². The van der Waals surface area contributed by atoms with Crippen LogP contribution in [0.15, 0.2) is 36.4 Å². The molecule has 0 aliphatic carbocycles. The van der Waals surface area contributed by atoms with E-state index in [1.807, 2.05) is 0 Å². The second-order valence-corrected chi connectivity index (χ2v) is 5.08. The molecule has 2 rings (SSSR count). The molecule has 0 atom stereocenters. The van der Waals surface area contributed by atoms with E-state index in [-0.39, 0.29) is 28.7 Å². The quantitative estimate of drug-likeness (QED) is 0.890. The molecule has 0 saturated carbocycles. The number of hydrogen-bond donors (Lipinski definition) is 1. The third kappa shape index (κ3) is 3.80. The van der Waals surface area contributed by atoms with Crippen molar-refractivity contribution in [1.82, 2.24) is 0 Å². The van der Waals surface area contributed by atoms with Gasteiger partial charge in [-0.1, -0.05) is 35.3 Å². The number of benzene rings is 2. The molecule has 110 valence electrons. The maximum absolute atomic E-state index is 11.3. The van der Waals surface area contributed by atoms with E-state index in [2.05, 4.69) is 0 Å². The van der Waals surface area contributed by atoms with Crippen LogP contribution in [0, 0.1) is 0 Å². The van der Waals surface area contributed by atoms with E-state index in [1.165, 1.54) is 19.2 Å². The van der Waals surface area contributed by atoms with Gasteiger partial charge in [0.25, 0.3) is 0 Å². The number of ether oxygens (including phenoxy) is 2. The van der Waals surface area contributed by atoms with Gasteiger partial charge in [0, 0.05) is 16.1 Å². The second kappa shape index (κ2) is 6.70. The summed E-state index contributed by atoms with van der Waals surface area (Å²) < 4.78 is 10.7. The first-order valence-electron chi connectivity index (χ1n) is 5.99. The standard InChI is InChI=1S/C15H12Cl2O4/c1-20-13-7-11(17)6-12(15(18)19)14(13)21-8-9-2-4-10(16)5-3-9/h2-7H,8H2,1H3,(H,18,19). The minimum Gasteiger partial charge on any atom is -0.493 e. The predicted octanol–water partition coefficient (Wildman–Crippen LogP) is 4.28. The van der Waals surface area contributed by atoms with E-state index in [0.29, 0.717) is 5.02 Å². The Morgan fingerprint density at radius 1 is 1.14 bits per heavy atom. The van der Waals surface area contributed by atoms with E-state index in [4.69, 9.17) is 32.7 Å². The number of rotatable bonds is 5. The van der Waals surface area contributed by atoms with E-state index < -0.39 is 5.97 Å². The van der Waals surface area contributed by atoms with Crippen LogP contribution >= 0.6 is 23.2 Å². The molecule has 0 aliphatic heterocycles. The van der Waals surface area contributed by atoms with Crippen molar-refractivity contribution in [1.29, 1.82) is 0 Å². The largest absolute Gasteiger partial charge is 0.493 e. The fourth-order valence-electron chi connectivity index (χ4n) is 1.76. The van der Waals surface area contributed by atoms with Crippen LogP contribution in [0.25, 0.3) is 0 Å². The summed E-state index contributed by atoms with van der Waals surface area (Å²) in [6.45, 7) is 0.190. The van der Waals surface area contributed by atoms with Crippen LogP contribution < -0.4 is 9.47 Å². The summed E-state index contributed by atoms with van der Waals surface area (Å²) in [7, 11) is 1.42. The molecular formula is C15H12Cl2O4. The molecule has 0 fully saturated rings. The Labute approximate surface area is 131 Å². The summed E-state index contributed by atoms with van der Waals surface area (Å²) in [6.07, 6.45) is 0. The molecule has 0 amide bonds. The van der Waals surface area contributed by atoms with Gasteiger partial charge in [0.05, 0.1) is 7.11 Å². The van der Waals surface area contributed by atoms with Crippen molar-refractivity contribution in [3.05, 3.63) is 57.6 Å². The molecule has 2 aromatic carbocycles. The van der Waals surface area contributed by atoms with Crippen molar-refractivity contribution >= 4 is 29.2 Å². The van der Waals surface area contributed by atoms with E-state index >= 15 is 0 Å². The van der Waals surface area contributed by atoms with Crippen molar-refractivity contribution < 1.29 is 19.4 Å². The molecule has 1 N–H and O–H groups in total. The van der Waals surface area contributed by atoms with Gasteiger partial charge in [-0.3, -0.25) is 0 Å². The van der Waals surface area contributed by atoms with Crippen LogP contribution in [0.1, 0.15) is 15.9 Å². The molecule has 0 radical (unpaired) electrons. The first-order valence-corrected chi connectivity index (χ1v) is 6.75. The molecule has 0 aromatic heterocycles. The highest BCUT2D eigenvalue weighted by molar-refractivity contribution is 6.31. The van der Waals surface area contributed by atoms with E-state index in [1.54, 1.807) is 24.3 Å². The monoisotopic (exact) mass is 326 g/mol. The lowest BCUT2D eigenvalue weighted by Crippen LogP contribution is -2.05. The van der Waals surface area contributed by atoms with Crippen molar-refractivity contribution in [2.24, 2.45) is 0 Å². The number of carboxylic acid groups (broad SMARTS) is 1. The Hall–Kier alpha value is -1.91. The number of carboxylic acids is 1. The first kappa shape index (κ1) is 15.5. The number of halogens is 2. The predicted molar refractivity (Wildman–Crippen MR) is 80.7 cm³/mol. The highest BCUT2D eigenvalue weighted by Crippen LogP contribution is 2.35. The lowest BCUT2D eigenvalue weighted by Gasteiger charge is -2.14. The Morgan fingerprint density at radius 2 is 1.81 bits per heavy atom. The highest BCUT2D eigenvalue weighted by Gasteiger charge is 2.18. The van der Waals surface area contributed by atoms with Crippen LogP contribution in [0.4, 0.5) is 0 Å². The van der Waals surface area contributed by atoms with Gasteiger partial charge in [0.15, 0.2) is 11.5 Å². The van der Waals surface area contributed by atoms with Gasteiger partial charge >= 0.3 is 5.97 Å². The zero-order valence-electron chi connectivity index (χ0n) is 11.1. The zero-order valence-corrected chi connectivity index (χ0v) is 12.6. The Balaban J connectivity index is 2.29. The molecular weight excluding hydrogens is 315 g/mol. The number of aromatic carboxylic acids is 1. The maximum Gasteiger partial charge on any atom is 0.339 e. The highest BCUT2D eigenvalue weighted by atomic mass is 35.5. The molecule has 2 aromatic rings. The fraction of sp³-hybridized carbons (Fsp3) is 0.133. The summed E-state index contributed by atoms with van der Waals surface area (Å²) in [5.41, 5.74) is 0.807. The van der Waals surface area contributed by atoms with E-state index in [0.717, 1.165) is 5.56 Å². The zero-order chi connectivity index (χ0) is 15.4. The number of methoxy groups -OCH3 is 1. The number of carbonyl (C=O) groups is 1. The Bertz CT molecular complexity index is 653. The van der Waals surface area contributed by atoms with Crippen molar-refractivity contribution in [3.63, 3.8) is 0 Å². The van der Waals surface area contributed by atoms with Crippen LogP contribution in [-0.4, -0.2) is 18.2 Å². The minimum atomic E-state index is -1.14. The summed E-state index contributed by atoms with van der Waals surface area (Å²) in [6, 6.07) is 9.89. The molecule has 0 heterocycles. The molecule has 0 unspecified atom stereocenters. The third-order valence-corrected chi connectivity index (χ3v) is 3.24. The molecule has 0 saturated heterocycles. The van der Waals surface area contributed by atoms with Crippen LogP contribution in [0.3, 0.4) is 0 Å². The topological polar surface area (TPSA) is 55.8 Å². The normalized spacial score (nSPS) is 10.2. The Morgan fingerprint density at radius 3 is 2.38 bits per heavy atom. The van der Waals surface area contributed by atoms with Crippen molar-refractivity contribution in [2.45, 2.75) is 6.61 Å². The SMILES string of the molecule is COc1cc(Cl)cc(C(=O)O)c1OCc1ccc(Cl)cc1. The van der Waals surface area contributed by atoms with Gasteiger partial charge in [0.1, 0.15) is 12.2 Å². The maximum atomic E-state index is 11.3. The first-order chi connectivity index (χ1) is 10.0. The van der Waals surface area contributed by atoms with E-state index in [9.17, 15) is 9.90 Å². The molecule has 4 nitrogen and oxygen atoms in total. The molecule has 6 heteroatoms. The molecule has 21 heavy (non-hydrogen) atoms. The van der Waals surface area contributed by atoms with Crippen molar-refractivity contribution in [2.75, 3.05) is 7.11 Å². The van der Waals surface area contributed by atoms with Crippen LogP contribution in [0.2, 0.25) is 10.0 Å². The Kier molecular flexibility index (Phi) is 4.94. The fourth-order valence-corrected chi connectivity index (χ4v) is 2.10. The van der Waals surface area contributed by atoms with Gasteiger partial charge in [-0.15, -0.1) is 0 Å². The lowest BCUT2D eigenvalue weighted by molar-refractivity contribution is 0.0691. The second-order valence-electron chi connectivity index (χ2n) is 4.21. The molecule has 0 spiro atoms. The summed E-state index contributed by atoms with van der Waals surface area (Å²) in [4.78, 5) is 11.3. The van der Waals surface area contributed by atoms with Gasteiger partial charge in [-0.05, 0) is 23.8 Å². The van der Waals surface area contributed by atoms with Crippen LogP contribution in [0.5, 0.6) is 11.5 Å². The lowest BCUT2D eigenvalue weighted by atomic mass is 10.2. The van der Waals surface area contributed by atoms with Crippen molar-refractivity contribution in [3.8, 4) is 11.5 Å². The van der Waals surface area contributed by atoms with Gasteiger partial charge in [0.2, 0.25) is 0 Å². The van der Waals surface area contributed by atoms with Gasteiger partial charge in [-0.2, -0.15) is 0 Å². The summed E-state index contributed by atoms with van der Waals surface area (Å²) >= 11 is 11.7. The van der Waals surface area contributed by atoms with Crippen LogP contribution in [-0.2, 0) is 6.61 Å². The smallest absolute Gasteiger partial charge is 0.339 e. The minimum absolute atomic E-state index is 0.0479. The number of hydrogen-bond acceptors (Lipinski definition) is 3. The van der Waals surface area contributed by atoms with Gasteiger partial charge < -0.3 is 14.6 Å². The molecule has 0 aliphatic rings.